The van der Waals surface area contributed by atoms with Gasteiger partial charge in [-0.25, -0.2) is 0 Å². The van der Waals surface area contributed by atoms with Gasteiger partial charge in [0.05, 0.1) is 17.2 Å². The van der Waals surface area contributed by atoms with Crippen LogP contribution in [0.2, 0.25) is 0 Å². The average molecular weight is 428 g/mol. The van der Waals surface area contributed by atoms with E-state index in [4.69, 9.17) is 5.26 Å². The van der Waals surface area contributed by atoms with Gasteiger partial charge in [-0.2, -0.15) is 5.26 Å². The van der Waals surface area contributed by atoms with Crippen molar-refractivity contribution in [2.24, 2.45) is 0 Å². The third kappa shape index (κ3) is 4.12. The highest BCUT2D eigenvalue weighted by molar-refractivity contribution is 5.96. The molecule has 0 N–H and O–H groups in total. The van der Waals surface area contributed by atoms with Gasteiger partial charge in [0, 0.05) is 61.2 Å². The lowest BCUT2D eigenvalue weighted by atomic mass is 10.2. The summed E-state index contributed by atoms with van der Waals surface area (Å²) in [5.74, 6) is -0.0445. The van der Waals surface area contributed by atoms with Crippen molar-refractivity contribution in [3.63, 3.8) is 0 Å². The van der Waals surface area contributed by atoms with Crippen LogP contribution in [-0.4, -0.2) is 57.3 Å². The largest absolute Gasteiger partial charge is 0.337 e. The normalized spacial score (nSPS) is 14.0. The zero-order valence-corrected chi connectivity index (χ0v) is 18.3. The lowest BCUT2D eigenvalue weighted by Gasteiger charge is -2.22. The molecular formula is C25H25N5O2. The third-order valence-electron chi connectivity index (χ3n) is 5.91. The van der Waals surface area contributed by atoms with E-state index in [0.29, 0.717) is 42.9 Å². The van der Waals surface area contributed by atoms with Crippen molar-refractivity contribution in [1.82, 2.24) is 19.4 Å². The second kappa shape index (κ2) is 9.06. The number of carbonyl (C=O) groups excluding carboxylic acids is 2. The minimum Gasteiger partial charge on any atom is -0.337 e. The number of aromatic nitrogens is 2. The lowest BCUT2D eigenvalue weighted by Crippen LogP contribution is -2.37. The number of nitrogens with zero attached hydrogens (tertiary/aromatic N) is 5. The topological polar surface area (TPSA) is 82.2 Å². The van der Waals surface area contributed by atoms with Gasteiger partial charge in [0.1, 0.15) is 0 Å². The summed E-state index contributed by atoms with van der Waals surface area (Å²) in [6, 6.07) is 14.8. The van der Waals surface area contributed by atoms with E-state index < -0.39 is 0 Å². The molecule has 2 aromatic heterocycles. The number of nitriles is 1. The Kier molecular flexibility index (Phi) is 6.04. The van der Waals surface area contributed by atoms with Gasteiger partial charge in [0.15, 0.2) is 0 Å². The molecule has 0 aliphatic carbocycles. The number of aryl methyl sites for hydroxylation is 1. The number of pyridine rings is 1. The minimum absolute atomic E-state index is 0.0174. The molecule has 2 amide bonds. The number of carbonyl (C=O) groups is 2. The molecule has 0 unspecified atom stereocenters. The van der Waals surface area contributed by atoms with Crippen molar-refractivity contribution >= 4 is 11.8 Å². The predicted octanol–water partition coefficient (Wildman–Crippen LogP) is 3.35. The average Bonchev–Trinajstić information content (AvgIpc) is 2.98. The highest BCUT2D eigenvalue weighted by atomic mass is 16.2. The van der Waals surface area contributed by atoms with E-state index in [2.05, 4.69) is 11.1 Å². The van der Waals surface area contributed by atoms with Gasteiger partial charge in [-0.3, -0.25) is 14.6 Å². The molecule has 1 aliphatic rings. The maximum absolute atomic E-state index is 13.4. The van der Waals surface area contributed by atoms with Crippen molar-refractivity contribution in [3.8, 4) is 11.8 Å². The van der Waals surface area contributed by atoms with Crippen LogP contribution in [0.5, 0.6) is 0 Å². The molecule has 1 aromatic carbocycles. The van der Waals surface area contributed by atoms with Crippen LogP contribution in [0.1, 0.15) is 44.1 Å². The Labute approximate surface area is 187 Å². The quantitative estimate of drug-likeness (QED) is 0.642. The second-order valence-corrected chi connectivity index (χ2v) is 7.95. The van der Waals surface area contributed by atoms with Gasteiger partial charge in [0.2, 0.25) is 0 Å². The number of benzene rings is 1. The first-order valence-electron chi connectivity index (χ1n) is 10.7. The zero-order valence-electron chi connectivity index (χ0n) is 18.3. The SMILES string of the molecule is Cc1cc(C(=O)N2CCCN(C(=O)c3ccncc3)CC2)c(C)n1-c1ccc(C#N)cc1. The predicted molar refractivity (Wildman–Crippen MR) is 121 cm³/mol. The molecule has 0 radical (unpaired) electrons. The van der Waals surface area contributed by atoms with Crippen LogP contribution in [0.3, 0.4) is 0 Å². The second-order valence-electron chi connectivity index (χ2n) is 7.95. The number of amides is 2. The number of hydrogen-bond donors (Lipinski definition) is 0. The lowest BCUT2D eigenvalue weighted by molar-refractivity contribution is 0.0718. The summed E-state index contributed by atoms with van der Waals surface area (Å²) in [7, 11) is 0. The van der Waals surface area contributed by atoms with Crippen LogP contribution in [0.15, 0.2) is 54.9 Å². The Hall–Kier alpha value is -3.92. The molecule has 0 saturated carbocycles. The van der Waals surface area contributed by atoms with E-state index in [1.54, 1.807) is 36.7 Å². The van der Waals surface area contributed by atoms with Crippen LogP contribution in [-0.2, 0) is 0 Å². The molecule has 32 heavy (non-hydrogen) atoms. The van der Waals surface area contributed by atoms with Crippen molar-refractivity contribution in [2.45, 2.75) is 20.3 Å². The molecule has 1 saturated heterocycles. The first-order chi connectivity index (χ1) is 15.5. The molecule has 1 fully saturated rings. The molecule has 0 atom stereocenters. The smallest absolute Gasteiger partial charge is 0.255 e. The first kappa shape index (κ1) is 21.3. The number of rotatable bonds is 3. The van der Waals surface area contributed by atoms with Gasteiger partial charge in [-0.1, -0.05) is 0 Å². The van der Waals surface area contributed by atoms with Crippen LogP contribution in [0, 0.1) is 25.2 Å². The summed E-state index contributed by atoms with van der Waals surface area (Å²) in [6.07, 6.45) is 3.96. The van der Waals surface area contributed by atoms with E-state index in [-0.39, 0.29) is 11.8 Å². The standard InChI is InChI=1S/C25H25N5O2/c1-18-16-23(19(2)30(18)22-6-4-20(17-26)5-7-22)25(32)29-13-3-12-28(14-15-29)24(31)21-8-10-27-11-9-21/h4-11,16H,3,12-15H2,1-2H3. The molecule has 0 spiro atoms. The Morgan fingerprint density at radius 3 is 2.16 bits per heavy atom. The van der Waals surface area contributed by atoms with E-state index in [9.17, 15) is 9.59 Å². The summed E-state index contributed by atoms with van der Waals surface area (Å²) >= 11 is 0. The number of hydrogen-bond acceptors (Lipinski definition) is 4. The molecule has 1 aliphatic heterocycles. The Morgan fingerprint density at radius 1 is 0.906 bits per heavy atom. The highest BCUT2D eigenvalue weighted by Crippen LogP contribution is 2.23. The zero-order chi connectivity index (χ0) is 22.7. The van der Waals surface area contributed by atoms with Gasteiger partial charge < -0.3 is 14.4 Å². The van der Waals surface area contributed by atoms with Gasteiger partial charge in [-0.05, 0) is 62.7 Å². The maximum Gasteiger partial charge on any atom is 0.255 e. The molecule has 3 heterocycles. The third-order valence-corrected chi connectivity index (χ3v) is 5.91. The van der Waals surface area contributed by atoms with Gasteiger partial charge >= 0.3 is 0 Å². The fourth-order valence-electron chi connectivity index (χ4n) is 4.23. The highest BCUT2D eigenvalue weighted by Gasteiger charge is 2.26. The van der Waals surface area contributed by atoms with E-state index in [1.165, 1.54) is 0 Å². The Morgan fingerprint density at radius 2 is 1.53 bits per heavy atom. The summed E-state index contributed by atoms with van der Waals surface area (Å²) in [5.41, 5.74) is 4.63. The first-order valence-corrected chi connectivity index (χ1v) is 10.7. The Bertz CT molecular complexity index is 1180. The van der Waals surface area contributed by atoms with E-state index >= 15 is 0 Å². The van der Waals surface area contributed by atoms with E-state index in [1.807, 2.05) is 46.4 Å². The van der Waals surface area contributed by atoms with Gasteiger partial charge in [-0.15, -0.1) is 0 Å². The molecule has 7 nitrogen and oxygen atoms in total. The van der Waals surface area contributed by atoms with Crippen LogP contribution in [0.25, 0.3) is 5.69 Å². The summed E-state index contributed by atoms with van der Waals surface area (Å²) in [5, 5.41) is 9.04. The van der Waals surface area contributed by atoms with Crippen LogP contribution in [0.4, 0.5) is 0 Å². The fraction of sp³-hybridized carbons (Fsp3) is 0.280. The summed E-state index contributed by atoms with van der Waals surface area (Å²) in [4.78, 5) is 33.8. The van der Waals surface area contributed by atoms with Crippen molar-refractivity contribution in [1.29, 1.82) is 5.26 Å². The molecule has 4 rings (SSSR count). The molecule has 7 heteroatoms. The van der Waals surface area contributed by atoms with Crippen LogP contribution < -0.4 is 0 Å². The summed E-state index contributed by atoms with van der Waals surface area (Å²) < 4.78 is 2.03. The molecular weight excluding hydrogens is 402 g/mol. The summed E-state index contributed by atoms with van der Waals surface area (Å²) in [6.45, 7) is 6.14. The van der Waals surface area contributed by atoms with Gasteiger partial charge in [0.25, 0.3) is 11.8 Å². The van der Waals surface area contributed by atoms with E-state index in [0.717, 1.165) is 23.5 Å². The molecule has 0 bridgehead atoms. The minimum atomic E-state index is -0.0271. The van der Waals surface area contributed by atoms with Crippen molar-refractivity contribution in [2.75, 3.05) is 26.2 Å². The fourth-order valence-corrected chi connectivity index (χ4v) is 4.23. The maximum atomic E-state index is 13.4. The Balaban J connectivity index is 1.51. The van der Waals surface area contributed by atoms with Crippen molar-refractivity contribution in [3.05, 3.63) is 82.9 Å². The van der Waals surface area contributed by atoms with Crippen LogP contribution >= 0.6 is 0 Å². The molecule has 162 valence electrons. The molecule has 3 aromatic rings. The van der Waals surface area contributed by atoms with Crippen molar-refractivity contribution < 1.29 is 9.59 Å². The monoisotopic (exact) mass is 427 g/mol.